The van der Waals surface area contributed by atoms with Crippen molar-refractivity contribution in [2.45, 2.75) is 19.5 Å². The van der Waals surface area contributed by atoms with E-state index in [1.807, 2.05) is 30.3 Å². The summed E-state index contributed by atoms with van der Waals surface area (Å²) in [4.78, 5) is 29.8. The number of nitrogens with zero attached hydrogens (tertiary/aromatic N) is 2. The van der Waals surface area contributed by atoms with Gasteiger partial charge in [-0.05, 0) is 23.8 Å². The Morgan fingerprint density at radius 3 is 3.09 bits per heavy atom. The van der Waals surface area contributed by atoms with Crippen LogP contribution in [0.25, 0.3) is 10.9 Å². The van der Waals surface area contributed by atoms with Crippen LogP contribution >= 0.6 is 0 Å². The van der Waals surface area contributed by atoms with Crippen LogP contribution in [0.15, 0.2) is 36.5 Å². The number of carbonyl (C=O) groups excluding carboxylic acids is 2. The Bertz CT molecular complexity index is 732. The number of fused-ring (bicyclic) bond motifs is 1. The van der Waals surface area contributed by atoms with Crippen molar-refractivity contribution in [2.75, 3.05) is 19.8 Å². The maximum atomic E-state index is 12.4. The van der Waals surface area contributed by atoms with Gasteiger partial charge in [-0.1, -0.05) is 12.1 Å². The Balaban J connectivity index is 1.66. The van der Waals surface area contributed by atoms with Gasteiger partial charge in [0.05, 0.1) is 18.7 Å². The lowest BCUT2D eigenvalue weighted by atomic mass is 10.1. The first-order chi connectivity index (χ1) is 11.1. The van der Waals surface area contributed by atoms with Crippen LogP contribution in [0, 0.1) is 0 Å². The molecular formula is C17H19N3O3. The quantitative estimate of drug-likeness (QED) is 0.921. The first kappa shape index (κ1) is 15.4. The molecule has 2 aromatic rings. The zero-order valence-electron chi connectivity index (χ0n) is 13.0. The van der Waals surface area contributed by atoms with Gasteiger partial charge in [-0.3, -0.25) is 14.6 Å². The first-order valence-corrected chi connectivity index (χ1v) is 7.61. The minimum absolute atomic E-state index is 0.106. The Morgan fingerprint density at radius 2 is 2.26 bits per heavy atom. The molecule has 2 heterocycles. The number of hydrogen-bond donors (Lipinski definition) is 1. The number of amides is 2. The van der Waals surface area contributed by atoms with Crippen molar-refractivity contribution in [3.63, 3.8) is 0 Å². The van der Waals surface area contributed by atoms with Gasteiger partial charge in [0.25, 0.3) is 0 Å². The van der Waals surface area contributed by atoms with E-state index in [1.54, 1.807) is 11.1 Å². The van der Waals surface area contributed by atoms with E-state index in [1.165, 1.54) is 6.92 Å². The van der Waals surface area contributed by atoms with E-state index in [0.717, 1.165) is 16.5 Å². The number of pyridine rings is 1. The highest BCUT2D eigenvalue weighted by Gasteiger charge is 2.30. The molecule has 0 radical (unpaired) electrons. The van der Waals surface area contributed by atoms with Crippen LogP contribution < -0.4 is 5.32 Å². The zero-order chi connectivity index (χ0) is 16.2. The van der Waals surface area contributed by atoms with Crippen LogP contribution in [0.3, 0.4) is 0 Å². The number of aromatic nitrogens is 1. The predicted octanol–water partition coefficient (Wildman–Crippen LogP) is 1.10. The number of rotatable bonds is 3. The van der Waals surface area contributed by atoms with Crippen LogP contribution in [0.1, 0.15) is 12.5 Å². The normalized spacial score (nSPS) is 18.0. The second-order valence-electron chi connectivity index (χ2n) is 5.55. The molecule has 6 nitrogen and oxygen atoms in total. The van der Waals surface area contributed by atoms with Crippen molar-refractivity contribution in [3.05, 3.63) is 42.1 Å². The highest BCUT2D eigenvalue weighted by atomic mass is 16.5. The lowest BCUT2D eigenvalue weighted by molar-refractivity contribution is -0.147. The molecule has 23 heavy (non-hydrogen) atoms. The van der Waals surface area contributed by atoms with Crippen LogP contribution in [0.4, 0.5) is 0 Å². The Morgan fingerprint density at radius 1 is 1.39 bits per heavy atom. The third kappa shape index (κ3) is 3.48. The molecule has 1 aliphatic rings. The molecule has 1 fully saturated rings. The van der Waals surface area contributed by atoms with E-state index < -0.39 is 6.04 Å². The van der Waals surface area contributed by atoms with Gasteiger partial charge in [-0.2, -0.15) is 0 Å². The predicted molar refractivity (Wildman–Crippen MR) is 85.6 cm³/mol. The molecule has 3 rings (SSSR count). The van der Waals surface area contributed by atoms with Crippen LogP contribution in [-0.4, -0.2) is 47.5 Å². The smallest absolute Gasteiger partial charge is 0.245 e. The van der Waals surface area contributed by atoms with Gasteiger partial charge in [0.1, 0.15) is 6.04 Å². The summed E-state index contributed by atoms with van der Waals surface area (Å²) in [6, 6.07) is 9.19. The zero-order valence-corrected chi connectivity index (χ0v) is 13.0. The average Bonchev–Trinajstić information content (AvgIpc) is 2.59. The van der Waals surface area contributed by atoms with Gasteiger partial charge in [-0.15, -0.1) is 0 Å². The average molecular weight is 313 g/mol. The van der Waals surface area contributed by atoms with Crippen molar-refractivity contribution in [1.29, 1.82) is 0 Å². The molecule has 1 aromatic carbocycles. The Hall–Kier alpha value is -2.47. The summed E-state index contributed by atoms with van der Waals surface area (Å²) >= 11 is 0. The van der Waals surface area contributed by atoms with E-state index in [9.17, 15) is 9.59 Å². The van der Waals surface area contributed by atoms with Gasteiger partial charge >= 0.3 is 0 Å². The van der Waals surface area contributed by atoms with E-state index in [-0.39, 0.29) is 18.4 Å². The molecule has 2 amide bonds. The van der Waals surface area contributed by atoms with Crippen molar-refractivity contribution in [2.24, 2.45) is 0 Å². The molecule has 1 N–H and O–H groups in total. The van der Waals surface area contributed by atoms with Gasteiger partial charge in [0, 0.05) is 31.6 Å². The van der Waals surface area contributed by atoms with Crippen molar-refractivity contribution < 1.29 is 14.3 Å². The van der Waals surface area contributed by atoms with Gasteiger partial charge < -0.3 is 15.0 Å². The van der Waals surface area contributed by atoms with Gasteiger partial charge in [0.15, 0.2) is 0 Å². The topological polar surface area (TPSA) is 71.5 Å². The summed E-state index contributed by atoms with van der Waals surface area (Å²) in [5, 5.41) is 3.92. The molecule has 1 atom stereocenters. The van der Waals surface area contributed by atoms with Crippen molar-refractivity contribution in [1.82, 2.24) is 15.2 Å². The molecule has 1 saturated heterocycles. The van der Waals surface area contributed by atoms with Gasteiger partial charge in [0.2, 0.25) is 11.8 Å². The van der Waals surface area contributed by atoms with E-state index in [0.29, 0.717) is 19.7 Å². The molecular weight excluding hydrogens is 294 g/mol. The van der Waals surface area contributed by atoms with Crippen molar-refractivity contribution >= 4 is 22.7 Å². The molecule has 0 bridgehead atoms. The van der Waals surface area contributed by atoms with Gasteiger partial charge in [-0.25, -0.2) is 0 Å². The summed E-state index contributed by atoms with van der Waals surface area (Å²) in [7, 11) is 0. The standard InChI is InChI=1S/C17H19N3O3/c1-12(21)20-7-8-23-11-16(20)17(22)19-10-13-4-5-15-14(9-13)3-2-6-18-15/h2-6,9,16H,7-8,10-11H2,1H3,(H,19,22). The maximum absolute atomic E-state index is 12.4. The number of nitrogens with one attached hydrogen (secondary N) is 1. The Labute approximate surface area is 134 Å². The second kappa shape index (κ2) is 6.75. The molecule has 1 unspecified atom stereocenters. The van der Waals surface area contributed by atoms with Crippen LogP contribution in [0.5, 0.6) is 0 Å². The molecule has 1 aliphatic heterocycles. The third-order valence-electron chi connectivity index (χ3n) is 3.97. The fourth-order valence-corrected chi connectivity index (χ4v) is 2.74. The number of benzene rings is 1. The molecule has 120 valence electrons. The molecule has 0 aliphatic carbocycles. The second-order valence-corrected chi connectivity index (χ2v) is 5.55. The van der Waals surface area contributed by atoms with E-state index >= 15 is 0 Å². The van der Waals surface area contributed by atoms with Crippen LogP contribution in [0.2, 0.25) is 0 Å². The van der Waals surface area contributed by atoms with Crippen molar-refractivity contribution in [3.8, 4) is 0 Å². The Kier molecular flexibility index (Phi) is 4.52. The monoisotopic (exact) mass is 313 g/mol. The summed E-state index contributed by atoms with van der Waals surface area (Å²) in [5.74, 6) is -0.295. The maximum Gasteiger partial charge on any atom is 0.245 e. The summed E-state index contributed by atoms with van der Waals surface area (Å²) in [6.07, 6.45) is 1.75. The lowest BCUT2D eigenvalue weighted by Crippen LogP contribution is -2.55. The first-order valence-electron chi connectivity index (χ1n) is 7.61. The highest BCUT2D eigenvalue weighted by molar-refractivity contribution is 5.87. The van der Waals surface area contributed by atoms with Crippen LogP contribution in [-0.2, 0) is 20.9 Å². The number of hydrogen-bond acceptors (Lipinski definition) is 4. The summed E-state index contributed by atoms with van der Waals surface area (Å²) in [5.41, 5.74) is 1.91. The highest BCUT2D eigenvalue weighted by Crippen LogP contribution is 2.13. The minimum atomic E-state index is -0.552. The minimum Gasteiger partial charge on any atom is -0.377 e. The molecule has 0 spiro atoms. The summed E-state index contributed by atoms with van der Waals surface area (Å²) < 4.78 is 5.33. The number of morpholine rings is 1. The lowest BCUT2D eigenvalue weighted by Gasteiger charge is -2.33. The largest absolute Gasteiger partial charge is 0.377 e. The molecule has 0 saturated carbocycles. The van der Waals surface area contributed by atoms with E-state index in [4.69, 9.17) is 4.74 Å². The third-order valence-corrected chi connectivity index (χ3v) is 3.97. The fourth-order valence-electron chi connectivity index (χ4n) is 2.74. The number of ether oxygens (including phenoxy) is 1. The molecule has 1 aromatic heterocycles. The number of carbonyl (C=O) groups is 2. The SMILES string of the molecule is CC(=O)N1CCOCC1C(=O)NCc1ccc2ncccc2c1. The summed E-state index contributed by atoms with van der Waals surface area (Å²) in [6.45, 7) is 3.05. The van der Waals surface area contributed by atoms with E-state index in [2.05, 4.69) is 10.3 Å². The fraction of sp³-hybridized carbons (Fsp3) is 0.353. The molecule has 6 heteroatoms.